The molecule has 0 radical (unpaired) electrons. The summed E-state index contributed by atoms with van der Waals surface area (Å²) in [5.41, 5.74) is 10.9. The number of amides is 1. The van der Waals surface area contributed by atoms with E-state index in [0.29, 0.717) is 52.9 Å². The van der Waals surface area contributed by atoms with Gasteiger partial charge < -0.3 is 25.7 Å². The van der Waals surface area contributed by atoms with E-state index in [9.17, 15) is 4.79 Å². The number of aryl methyl sites for hydroxylation is 1. The van der Waals surface area contributed by atoms with Crippen LogP contribution in [0.3, 0.4) is 0 Å². The predicted octanol–water partition coefficient (Wildman–Crippen LogP) is 5.30. The van der Waals surface area contributed by atoms with E-state index in [1.54, 1.807) is 6.07 Å². The highest BCUT2D eigenvalue weighted by Crippen LogP contribution is 2.43. The lowest BCUT2D eigenvalue weighted by Gasteiger charge is -2.46. The van der Waals surface area contributed by atoms with Gasteiger partial charge in [0.15, 0.2) is 0 Å². The summed E-state index contributed by atoms with van der Waals surface area (Å²) in [5, 5.41) is 7.17. The summed E-state index contributed by atoms with van der Waals surface area (Å²) in [4.78, 5) is 20.5. The van der Waals surface area contributed by atoms with Gasteiger partial charge in [-0.25, -0.2) is 14.4 Å². The molecule has 1 aliphatic heterocycles. The van der Waals surface area contributed by atoms with Crippen LogP contribution in [-0.2, 0) is 22.1 Å². The van der Waals surface area contributed by atoms with Crippen molar-refractivity contribution >= 4 is 28.4 Å². The summed E-state index contributed by atoms with van der Waals surface area (Å²) in [6, 6.07) is 13.2. The minimum absolute atomic E-state index is 0.287. The van der Waals surface area contributed by atoms with E-state index in [2.05, 4.69) is 27.2 Å². The molecular weight excluding hydrogens is 507 g/mol. The zero-order chi connectivity index (χ0) is 27.9. The van der Waals surface area contributed by atoms with Gasteiger partial charge in [-0.1, -0.05) is 50.1 Å². The van der Waals surface area contributed by atoms with Gasteiger partial charge in [0.1, 0.15) is 23.6 Å². The van der Waals surface area contributed by atoms with Gasteiger partial charge in [-0.3, -0.25) is 4.79 Å². The van der Waals surface area contributed by atoms with Crippen LogP contribution < -0.4 is 16.4 Å². The minimum atomic E-state index is -0.514. The third-order valence-corrected chi connectivity index (χ3v) is 8.16. The lowest BCUT2D eigenvalue weighted by atomic mass is 9.83. The Balaban J connectivity index is 1.43. The number of carbonyl (C=O) groups is 1. The number of nitrogens with one attached hydrogen (secondary N) is 2. The third-order valence-electron chi connectivity index (χ3n) is 8.16. The molecule has 1 aliphatic carbocycles. The summed E-state index contributed by atoms with van der Waals surface area (Å²) < 4.78 is 23.6. The van der Waals surface area contributed by atoms with Gasteiger partial charge in [-0.15, -0.1) is 0 Å². The van der Waals surface area contributed by atoms with Gasteiger partial charge in [0, 0.05) is 29.9 Å². The van der Waals surface area contributed by atoms with E-state index in [4.69, 9.17) is 10.5 Å². The van der Waals surface area contributed by atoms with Crippen LogP contribution in [0, 0.1) is 5.82 Å². The van der Waals surface area contributed by atoms with Crippen molar-refractivity contribution in [2.24, 2.45) is 7.05 Å². The Labute approximate surface area is 232 Å². The van der Waals surface area contributed by atoms with Crippen molar-refractivity contribution in [1.82, 2.24) is 19.9 Å². The fourth-order valence-corrected chi connectivity index (χ4v) is 6.12. The van der Waals surface area contributed by atoms with E-state index in [1.165, 1.54) is 31.7 Å². The smallest absolute Gasteiger partial charge is 0.247 e. The fourth-order valence-electron chi connectivity index (χ4n) is 6.12. The molecule has 4 N–H and O–H groups in total. The second-order valence-electron chi connectivity index (χ2n) is 10.8. The first-order valence-corrected chi connectivity index (χ1v) is 13.7. The molecule has 4 aromatic rings. The maximum atomic E-state index is 16.0. The van der Waals surface area contributed by atoms with Crippen molar-refractivity contribution in [3.05, 3.63) is 72.8 Å². The van der Waals surface area contributed by atoms with Gasteiger partial charge in [-0.05, 0) is 48.2 Å². The molecule has 3 heterocycles. The fraction of sp³-hybridized carbons (Fsp3) is 0.323. The van der Waals surface area contributed by atoms with E-state index < -0.39 is 5.54 Å². The highest BCUT2D eigenvalue weighted by molar-refractivity contribution is 6.08. The van der Waals surface area contributed by atoms with Crippen molar-refractivity contribution < 1.29 is 13.9 Å². The Kier molecular flexibility index (Phi) is 6.85. The number of anilines is 2. The maximum absolute atomic E-state index is 16.0. The number of carbonyl (C=O) groups excluding carboxylic acids is 1. The summed E-state index contributed by atoms with van der Waals surface area (Å²) in [5.74, 6) is -0.252. The molecule has 1 saturated carbocycles. The SMILES string of the molecule is C=CC(=O)Nc1ccc(-c2c(-c3ccc(C4(NC5CCCCC5)COC4)c(F)c3)c3c(N)ncnc3n2C)cc1. The second-order valence-corrected chi connectivity index (χ2v) is 10.8. The zero-order valence-corrected chi connectivity index (χ0v) is 22.5. The Hall–Kier alpha value is -4.08. The van der Waals surface area contributed by atoms with Gasteiger partial charge in [0.25, 0.3) is 0 Å². The van der Waals surface area contributed by atoms with Crippen molar-refractivity contribution in [2.45, 2.75) is 43.7 Å². The number of nitrogens with two attached hydrogens (primary N) is 1. The molecule has 1 saturated heterocycles. The third kappa shape index (κ3) is 4.55. The van der Waals surface area contributed by atoms with Crippen LogP contribution in [0.4, 0.5) is 15.9 Å². The molecule has 8 nitrogen and oxygen atoms in total. The predicted molar refractivity (Wildman–Crippen MR) is 155 cm³/mol. The molecular formula is C31H33FN6O2. The standard InChI is InChI=1S/C31H33FN6O2/c1-3-25(39)36-21-12-9-19(10-13-21)28-26(27-29(33)34-18-35-30(27)38(28)2)20-11-14-23(24(32)15-20)31(16-40-17-31)37-22-7-5-4-6-8-22/h3,9-15,18,22,37H,1,4-8,16-17H2,2H3,(H,36,39)(H2,33,34,35). The first-order valence-electron chi connectivity index (χ1n) is 13.7. The maximum Gasteiger partial charge on any atom is 0.247 e. The molecule has 0 unspecified atom stereocenters. The number of ether oxygens (including phenoxy) is 1. The summed E-state index contributed by atoms with van der Waals surface area (Å²) in [6.45, 7) is 4.40. The highest BCUT2D eigenvalue weighted by Gasteiger charge is 2.43. The number of nitrogens with zero attached hydrogens (tertiary/aromatic N) is 3. The van der Waals surface area contributed by atoms with Crippen LogP contribution in [0.15, 0.2) is 61.4 Å². The lowest BCUT2D eigenvalue weighted by molar-refractivity contribution is -0.111. The average Bonchev–Trinajstić information content (AvgIpc) is 3.25. The molecule has 9 heteroatoms. The summed E-state index contributed by atoms with van der Waals surface area (Å²) >= 11 is 0. The number of rotatable bonds is 7. The Morgan fingerprint density at radius 1 is 1.12 bits per heavy atom. The largest absolute Gasteiger partial charge is 0.383 e. The molecule has 40 heavy (non-hydrogen) atoms. The Morgan fingerprint density at radius 2 is 1.85 bits per heavy atom. The van der Waals surface area contributed by atoms with Crippen molar-refractivity contribution in [3.63, 3.8) is 0 Å². The number of aromatic nitrogens is 3. The van der Waals surface area contributed by atoms with E-state index in [0.717, 1.165) is 29.7 Å². The molecule has 0 atom stereocenters. The van der Waals surface area contributed by atoms with E-state index in [-0.39, 0.29) is 11.7 Å². The molecule has 2 aromatic carbocycles. The van der Waals surface area contributed by atoms with Crippen LogP contribution in [-0.4, -0.2) is 39.7 Å². The molecule has 1 amide bonds. The molecule has 0 bridgehead atoms. The molecule has 0 spiro atoms. The van der Waals surface area contributed by atoms with Gasteiger partial charge in [-0.2, -0.15) is 0 Å². The lowest BCUT2D eigenvalue weighted by Crippen LogP contribution is -2.61. The van der Waals surface area contributed by atoms with Crippen LogP contribution >= 0.6 is 0 Å². The monoisotopic (exact) mass is 540 g/mol. The van der Waals surface area contributed by atoms with Crippen LogP contribution in [0.25, 0.3) is 33.4 Å². The average molecular weight is 541 g/mol. The first kappa shape index (κ1) is 26.2. The van der Waals surface area contributed by atoms with Crippen LogP contribution in [0.1, 0.15) is 37.7 Å². The van der Waals surface area contributed by atoms with Crippen LogP contribution in [0.5, 0.6) is 0 Å². The first-order chi connectivity index (χ1) is 19.4. The summed E-state index contributed by atoms with van der Waals surface area (Å²) in [6.07, 6.45) is 8.53. The van der Waals surface area contributed by atoms with Gasteiger partial charge in [0.05, 0.1) is 29.8 Å². The summed E-state index contributed by atoms with van der Waals surface area (Å²) in [7, 11) is 1.90. The molecule has 206 valence electrons. The van der Waals surface area contributed by atoms with Crippen molar-refractivity contribution in [3.8, 4) is 22.4 Å². The van der Waals surface area contributed by atoms with Crippen molar-refractivity contribution in [1.29, 1.82) is 0 Å². The number of benzene rings is 2. The van der Waals surface area contributed by atoms with Gasteiger partial charge in [0.2, 0.25) is 5.91 Å². The molecule has 2 aromatic heterocycles. The van der Waals surface area contributed by atoms with E-state index >= 15 is 4.39 Å². The van der Waals surface area contributed by atoms with E-state index in [1.807, 2.05) is 48.0 Å². The number of hydrogen-bond donors (Lipinski definition) is 3. The quantitative estimate of drug-likeness (QED) is 0.275. The Bertz CT molecular complexity index is 1590. The number of fused-ring (bicyclic) bond motifs is 1. The zero-order valence-electron chi connectivity index (χ0n) is 22.5. The molecule has 6 rings (SSSR count). The minimum Gasteiger partial charge on any atom is -0.383 e. The normalized spacial score (nSPS) is 16.9. The topological polar surface area (TPSA) is 107 Å². The Morgan fingerprint density at radius 3 is 2.50 bits per heavy atom. The number of hydrogen-bond acceptors (Lipinski definition) is 6. The number of halogens is 1. The van der Waals surface area contributed by atoms with Crippen LogP contribution in [0.2, 0.25) is 0 Å². The van der Waals surface area contributed by atoms with Gasteiger partial charge >= 0.3 is 0 Å². The number of nitrogen functional groups attached to an aromatic ring is 1. The molecule has 2 fully saturated rings. The molecule has 2 aliphatic rings. The van der Waals surface area contributed by atoms with Crippen molar-refractivity contribution in [2.75, 3.05) is 24.3 Å². The second kappa shape index (κ2) is 10.5. The highest BCUT2D eigenvalue weighted by atomic mass is 19.1.